The van der Waals surface area contributed by atoms with E-state index in [1.807, 2.05) is 35.8 Å². The maximum absolute atomic E-state index is 13.0. The molecule has 176 valence electrons. The molecule has 0 N–H and O–H groups in total. The molecule has 7 nitrogen and oxygen atoms in total. The molecule has 2 heterocycles. The van der Waals surface area contributed by atoms with Crippen molar-refractivity contribution in [1.82, 2.24) is 18.8 Å². The molecule has 1 aliphatic rings. The number of sulfonamides is 1. The third-order valence-electron chi connectivity index (χ3n) is 5.73. The minimum Gasteiger partial charge on any atom is -0.339 e. The molecule has 0 radical (unpaired) electrons. The van der Waals surface area contributed by atoms with E-state index in [2.05, 4.69) is 4.98 Å². The Kier molecular flexibility index (Phi) is 6.19. The molecule has 0 bridgehead atoms. The van der Waals surface area contributed by atoms with Crippen molar-refractivity contribution in [2.45, 2.75) is 31.0 Å². The van der Waals surface area contributed by atoms with Crippen LogP contribution in [0.3, 0.4) is 0 Å². The van der Waals surface area contributed by atoms with Gasteiger partial charge in [-0.15, -0.1) is 0 Å². The van der Waals surface area contributed by atoms with Gasteiger partial charge in [-0.25, -0.2) is 13.4 Å². The first-order valence-corrected chi connectivity index (χ1v) is 11.9. The number of para-hydroxylation sites is 2. The first-order chi connectivity index (χ1) is 15.6. The van der Waals surface area contributed by atoms with Crippen molar-refractivity contribution in [1.29, 1.82) is 0 Å². The van der Waals surface area contributed by atoms with Crippen molar-refractivity contribution >= 4 is 27.0 Å². The molecule has 33 heavy (non-hydrogen) atoms. The summed E-state index contributed by atoms with van der Waals surface area (Å²) in [5.74, 6) is 0.624. The van der Waals surface area contributed by atoms with Gasteiger partial charge in [0.15, 0.2) is 0 Å². The predicted octanol–water partition coefficient (Wildman–Crippen LogP) is 3.15. The minimum absolute atomic E-state index is 0.00955. The summed E-state index contributed by atoms with van der Waals surface area (Å²) < 4.78 is 67.7. The van der Waals surface area contributed by atoms with Gasteiger partial charge in [0.05, 0.1) is 21.5 Å². The van der Waals surface area contributed by atoms with Crippen LogP contribution in [0, 0.1) is 0 Å². The van der Waals surface area contributed by atoms with E-state index in [1.165, 1.54) is 0 Å². The topological polar surface area (TPSA) is 75.5 Å². The Hall–Kier alpha value is -2.92. The van der Waals surface area contributed by atoms with E-state index in [0.29, 0.717) is 12.5 Å². The van der Waals surface area contributed by atoms with Crippen LogP contribution in [0.5, 0.6) is 0 Å². The molecule has 11 heteroatoms. The van der Waals surface area contributed by atoms with E-state index < -0.39 is 26.7 Å². The van der Waals surface area contributed by atoms with Crippen LogP contribution in [0.25, 0.3) is 11.0 Å². The van der Waals surface area contributed by atoms with Gasteiger partial charge in [-0.3, -0.25) is 4.79 Å². The Morgan fingerprint density at radius 3 is 2.39 bits per heavy atom. The van der Waals surface area contributed by atoms with Gasteiger partial charge in [-0.2, -0.15) is 17.5 Å². The number of amides is 1. The molecule has 0 atom stereocenters. The maximum Gasteiger partial charge on any atom is 0.416 e. The normalized spacial score (nSPS) is 15.8. The largest absolute Gasteiger partial charge is 0.416 e. The zero-order chi connectivity index (χ0) is 23.8. The third-order valence-corrected chi connectivity index (χ3v) is 7.63. The lowest BCUT2D eigenvalue weighted by Gasteiger charge is -2.34. The lowest BCUT2D eigenvalue weighted by molar-refractivity contribution is -0.137. The first kappa shape index (κ1) is 23.2. The highest BCUT2D eigenvalue weighted by atomic mass is 32.2. The Morgan fingerprint density at radius 2 is 1.73 bits per heavy atom. The van der Waals surface area contributed by atoms with Gasteiger partial charge in [0, 0.05) is 32.6 Å². The second-order valence-electron chi connectivity index (χ2n) is 7.77. The molecule has 1 saturated heterocycles. The summed E-state index contributed by atoms with van der Waals surface area (Å²) in [6, 6.07) is 11.2. The number of aryl methyl sites for hydroxylation is 1. The molecule has 0 saturated carbocycles. The van der Waals surface area contributed by atoms with Gasteiger partial charge < -0.3 is 9.47 Å². The standard InChI is InChI=1S/C22H23F3N4O3S/c1-2-20-26-18-8-3-4-9-19(18)29(20)15-21(30)27-10-12-28(13-11-27)33(31,32)17-7-5-6-16(14-17)22(23,24)25/h3-9,14H,2,10-13,15H2,1H3. The fourth-order valence-corrected chi connectivity index (χ4v) is 5.44. The Labute approximate surface area is 189 Å². The van der Waals surface area contributed by atoms with Crippen molar-refractivity contribution < 1.29 is 26.4 Å². The molecular formula is C22H23F3N4O3S. The lowest BCUT2D eigenvalue weighted by Crippen LogP contribution is -2.51. The van der Waals surface area contributed by atoms with E-state index in [9.17, 15) is 26.4 Å². The number of nitrogens with zero attached hydrogens (tertiary/aromatic N) is 4. The summed E-state index contributed by atoms with van der Waals surface area (Å²) in [4.78, 5) is 18.7. The van der Waals surface area contributed by atoms with Crippen molar-refractivity contribution in [3.8, 4) is 0 Å². The number of imidazole rings is 1. The van der Waals surface area contributed by atoms with E-state index in [1.54, 1.807) is 4.90 Å². The summed E-state index contributed by atoms with van der Waals surface area (Å²) >= 11 is 0. The van der Waals surface area contributed by atoms with Crippen LogP contribution in [0.15, 0.2) is 53.4 Å². The zero-order valence-electron chi connectivity index (χ0n) is 17.9. The molecule has 1 amide bonds. The summed E-state index contributed by atoms with van der Waals surface area (Å²) in [5, 5.41) is 0. The fourth-order valence-electron chi connectivity index (χ4n) is 3.97. The van der Waals surface area contributed by atoms with Crippen molar-refractivity contribution in [3.63, 3.8) is 0 Å². The highest BCUT2D eigenvalue weighted by Crippen LogP contribution is 2.31. The average Bonchev–Trinajstić information content (AvgIpc) is 3.16. The molecular weight excluding hydrogens is 457 g/mol. The van der Waals surface area contributed by atoms with Crippen LogP contribution >= 0.6 is 0 Å². The quantitative estimate of drug-likeness (QED) is 0.562. The molecule has 1 aliphatic heterocycles. The van der Waals surface area contributed by atoms with Crippen LogP contribution < -0.4 is 0 Å². The molecule has 0 spiro atoms. The molecule has 0 aliphatic carbocycles. The number of hydrogen-bond donors (Lipinski definition) is 0. The first-order valence-electron chi connectivity index (χ1n) is 10.5. The van der Waals surface area contributed by atoms with Crippen LogP contribution in [-0.4, -0.2) is 59.3 Å². The zero-order valence-corrected chi connectivity index (χ0v) is 18.7. The van der Waals surface area contributed by atoms with Gasteiger partial charge in [0.2, 0.25) is 15.9 Å². The Morgan fingerprint density at radius 1 is 1.03 bits per heavy atom. The predicted molar refractivity (Wildman–Crippen MR) is 116 cm³/mol. The number of alkyl halides is 3. The maximum atomic E-state index is 13.0. The van der Waals surface area contributed by atoms with E-state index in [0.717, 1.165) is 39.4 Å². The number of piperazine rings is 1. The van der Waals surface area contributed by atoms with Gasteiger partial charge in [-0.1, -0.05) is 25.1 Å². The molecule has 0 unspecified atom stereocenters. The van der Waals surface area contributed by atoms with E-state index in [4.69, 9.17) is 0 Å². The molecule has 1 aromatic heterocycles. The number of aromatic nitrogens is 2. The summed E-state index contributed by atoms with van der Waals surface area (Å²) in [6.07, 6.45) is -3.98. The second kappa shape index (κ2) is 8.79. The van der Waals surface area contributed by atoms with Crippen molar-refractivity contribution in [3.05, 3.63) is 59.9 Å². The average molecular weight is 481 g/mol. The van der Waals surface area contributed by atoms with Gasteiger partial charge >= 0.3 is 6.18 Å². The number of halogens is 3. The number of rotatable bonds is 5. The van der Waals surface area contributed by atoms with Gasteiger partial charge in [0.25, 0.3) is 0 Å². The van der Waals surface area contributed by atoms with Gasteiger partial charge in [-0.05, 0) is 30.3 Å². The van der Waals surface area contributed by atoms with E-state index >= 15 is 0 Å². The summed E-state index contributed by atoms with van der Waals surface area (Å²) in [6.45, 7) is 2.38. The highest BCUT2D eigenvalue weighted by molar-refractivity contribution is 7.89. The second-order valence-corrected chi connectivity index (χ2v) is 9.70. The molecule has 4 rings (SSSR count). The molecule has 3 aromatic rings. The lowest BCUT2D eigenvalue weighted by atomic mass is 10.2. The summed E-state index contributed by atoms with van der Waals surface area (Å²) in [5.41, 5.74) is 0.643. The number of fused-ring (bicyclic) bond motifs is 1. The third kappa shape index (κ3) is 4.60. The van der Waals surface area contributed by atoms with Gasteiger partial charge in [0.1, 0.15) is 12.4 Å². The van der Waals surface area contributed by atoms with Crippen molar-refractivity contribution in [2.24, 2.45) is 0 Å². The van der Waals surface area contributed by atoms with E-state index in [-0.39, 0.29) is 38.6 Å². The molecule has 2 aromatic carbocycles. The SMILES string of the molecule is CCc1nc2ccccc2n1CC(=O)N1CCN(S(=O)(=O)c2cccc(C(F)(F)F)c2)CC1. The Bertz CT molecular complexity index is 1280. The van der Waals surface area contributed by atoms with Crippen LogP contribution in [-0.2, 0) is 34.0 Å². The van der Waals surface area contributed by atoms with Crippen LogP contribution in [0.2, 0.25) is 0 Å². The number of benzene rings is 2. The summed E-state index contributed by atoms with van der Waals surface area (Å²) in [7, 11) is -4.10. The van der Waals surface area contributed by atoms with Crippen LogP contribution in [0.4, 0.5) is 13.2 Å². The highest BCUT2D eigenvalue weighted by Gasteiger charge is 2.34. The molecule has 1 fully saturated rings. The monoisotopic (exact) mass is 480 g/mol. The van der Waals surface area contributed by atoms with Crippen LogP contribution in [0.1, 0.15) is 18.3 Å². The van der Waals surface area contributed by atoms with Crippen molar-refractivity contribution in [2.75, 3.05) is 26.2 Å². The number of carbonyl (C=O) groups is 1. The fraction of sp³-hybridized carbons (Fsp3) is 0.364. The number of hydrogen-bond acceptors (Lipinski definition) is 4. The minimum atomic E-state index is -4.63. The Balaban J connectivity index is 1.46. The number of carbonyl (C=O) groups excluding carboxylic acids is 1. The smallest absolute Gasteiger partial charge is 0.339 e.